The average molecular weight is 390 g/mol. The first-order valence-corrected chi connectivity index (χ1v) is 8.29. The Hall–Kier alpha value is -3.17. The minimum absolute atomic E-state index is 0.0745. The van der Waals surface area contributed by atoms with Crippen molar-refractivity contribution in [3.8, 4) is 11.3 Å². The van der Waals surface area contributed by atoms with Crippen molar-refractivity contribution >= 4 is 5.91 Å². The predicted octanol–water partition coefficient (Wildman–Crippen LogP) is 3.19. The van der Waals surface area contributed by atoms with Crippen molar-refractivity contribution in [2.45, 2.75) is 19.3 Å². The molecule has 0 saturated heterocycles. The van der Waals surface area contributed by atoms with Gasteiger partial charge in [-0.05, 0) is 34.9 Å². The Morgan fingerprint density at radius 1 is 1.07 bits per heavy atom. The molecule has 1 amide bonds. The van der Waals surface area contributed by atoms with E-state index in [-0.39, 0.29) is 12.1 Å². The van der Waals surface area contributed by atoms with Crippen LogP contribution in [0.3, 0.4) is 0 Å². The van der Waals surface area contributed by atoms with Crippen LogP contribution in [0.2, 0.25) is 0 Å². The van der Waals surface area contributed by atoms with Crippen molar-refractivity contribution < 1.29 is 23.2 Å². The van der Waals surface area contributed by atoms with E-state index >= 15 is 0 Å². The summed E-state index contributed by atoms with van der Waals surface area (Å²) in [6, 6.07) is 14.0. The summed E-state index contributed by atoms with van der Waals surface area (Å²) in [5.41, 5.74) is 8.72. The second-order valence-electron chi connectivity index (χ2n) is 6.11. The Kier molecular flexibility index (Phi) is 5.48. The molecular formula is C19H17F3N4O2. The third-order valence-corrected chi connectivity index (χ3v) is 4.21. The van der Waals surface area contributed by atoms with Gasteiger partial charge in [0.25, 0.3) is 5.91 Å². The summed E-state index contributed by atoms with van der Waals surface area (Å²) in [4.78, 5) is 11.4. The summed E-state index contributed by atoms with van der Waals surface area (Å²) < 4.78 is 40.8. The molecule has 3 rings (SSSR count). The van der Waals surface area contributed by atoms with Gasteiger partial charge in [-0.2, -0.15) is 18.3 Å². The lowest BCUT2D eigenvalue weighted by Gasteiger charge is -2.09. The smallest absolute Gasteiger partial charge is 0.326 e. The number of rotatable bonds is 5. The van der Waals surface area contributed by atoms with E-state index in [0.29, 0.717) is 23.4 Å². The predicted molar refractivity (Wildman–Crippen MR) is 95.4 cm³/mol. The maximum absolute atomic E-state index is 13.2. The molecule has 0 aliphatic carbocycles. The number of nitrogens with two attached hydrogens (primary N) is 1. The van der Waals surface area contributed by atoms with E-state index in [9.17, 15) is 18.0 Å². The fourth-order valence-electron chi connectivity index (χ4n) is 2.72. The zero-order chi connectivity index (χ0) is 20.3. The van der Waals surface area contributed by atoms with Gasteiger partial charge in [0.15, 0.2) is 5.69 Å². The first-order chi connectivity index (χ1) is 13.3. The number of nitrogens with zero attached hydrogens (tertiary/aromatic N) is 2. The number of carbonyl (C=O) groups excluding carboxylic acids is 1. The van der Waals surface area contributed by atoms with E-state index in [4.69, 9.17) is 10.9 Å². The van der Waals surface area contributed by atoms with E-state index < -0.39 is 17.8 Å². The van der Waals surface area contributed by atoms with E-state index in [1.54, 1.807) is 36.4 Å². The summed E-state index contributed by atoms with van der Waals surface area (Å²) in [5.74, 6) is -0.675. The highest BCUT2D eigenvalue weighted by Gasteiger charge is 2.35. The fourth-order valence-corrected chi connectivity index (χ4v) is 2.72. The van der Waals surface area contributed by atoms with E-state index in [1.165, 1.54) is 22.3 Å². The maximum Gasteiger partial charge on any atom is 0.435 e. The molecule has 0 atom stereocenters. The first-order valence-electron chi connectivity index (χ1n) is 8.29. The van der Waals surface area contributed by atoms with Crippen LogP contribution in [0.5, 0.6) is 0 Å². The molecular weight excluding hydrogens is 373 g/mol. The highest BCUT2D eigenvalue weighted by Crippen LogP contribution is 2.32. The lowest BCUT2D eigenvalue weighted by molar-refractivity contribution is -0.141. The summed E-state index contributed by atoms with van der Waals surface area (Å²) in [5, 5.41) is 12.4. The van der Waals surface area contributed by atoms with Gasteiger partial charge in [0.05, 0.1) is 12.2 Å². The molecule has 0 aliphatic rings. The molecule has 1 aromatic heterocycles. The third kappa shape index (κ3) is 4.21. The summed E-state index contributed by atoms with van der Waals surface area (Å²) >= 11 is 0. The number of hydroxylamine groups is 1. The van der Waals surface area contributed by atoms with Crippen LogP contribution in [-0.4, -0.2) is 20.9 Å². The Morgan fingerprint density at radius 2 is 1.68 bits per heavy atom. The van der Waals surface area contributed by atoms with Gasteiger partial charge >= 0.3 is 6.18 Å². The molecule has 0 saturated carbocycles. The van der Waals surface area contributed by atoms with Gasteiger partial charge in [0, 0.05) is 12.1 Å². The standard InChI is InChI=1S/C19H17F3N4O2/c20-19(21,22)17-9-16(14-5-1-12(10-23)2-6-14)26(24-17)11-13-3-7-15(8-4-13)18(27)25-28/h1-9,28H,10-11,23H2,(H,25,27). The Balaban J connectivity index is 1.96. The van der Waals surface area contributed by atoms with Gasteiger partial charge in [-0.1, -0.05) is 36.4 Å². The molecule has 0 bridgehead atoms. The number of hydrogen-bond acceptors (Lipinski definition) is 4. The molecule has 9 heteroatoms. The number of nitrogens with one attached hydrogen (secondary N) is 1. The van der Waals surface area contributed by atoms with Crippen LogP contribution in [0.1, 0.15) is 27.2 Å². The number of carbonyl (C=O) groups is 1. The van der Waals surface area contributed by atoms with Crippen molar-refractivity contribution in [1.29, 1.82) is 0 Å². The quantitative estimate of drug-likeness (QED) is 0.461. The molecule has 0 fully saturated rings. The van der Waals surface area contributed by atoms with Crippen molar-refractivity contribution in [3.63, 3.8) is 0 Å². The maximum atomic E-state index is 13.2. The van der Waals surface area contributed by atoms with E-state index in [1.807, 2.05) is 0 Å². The van der Waals surface area contributed by atoms with Crippen LogP contribution in [0, 0.1) is 0 Å². The molecule has 28 heavy (non-hydrogen) atoms. The Labute approximate surface area is 158 Å². The van der Waals surface area contributed by atoms with Crippen molar-refractivity contribution in [3.05, 3.63) is 77.0 Å². The molecule has 1 heterocycles. The minimum atomic E-state index is -4.57. The zero-order valence-corrected chi connectivity index (χ0v) is 14.6. The molecule has 6 nitrogen and oxygen atoms in total. The van der Waals surface area contributed by atoms with Crippen molar-refractivity contribution in [2.75, 3.05) is 0 Å². The molecule has 0 spiro atoms. The number of hydrogen-bond donors (Lipinski definition) is 3. The molecule has 2 aromatic carbocycles. The molecule has 0 aliphatic heterocycles. The molecule has 0 radical (unpaired) electrons. The van der Waals surface area contributed by atoms with Gasteiger partial charge in [-0.15, -0.1) is 0 Å². The topological polar surface area (TPSA) is 93.2 Å². The Bertz CT molecular complexity index is 964. The number of amides is 1. The minimum Gasteiger partial charge on any atom is -0.326 e. The second kappa shape index (κ2) is 7.83. The molecule has 3 aromatic rings. The van der Waals surface area contributed by atoms with Gasteiger partial charge in [0.1, 0.15) is 0 Å². The monoisotopic (exact) mass is 390 g/mol. The van der Waals surface area contributed by atoms with Gasteiger partial charge in [0.2, 0.25) is 0 Å². The molecule has 4 N–H and O–H groups in total. The van der Waals surface area contributed by atoms with Crippen LogP contribution in [-0.2, 0) is 19.3 Å². The van der Waals surface area contributed by atoms with Crippen LogP contribution in [0.15, 0.2) is 54.6 Å². The van der Waals surface area contributed by atoms with E-state index in [2.05, 4.69) is 5.10 Å². The summed E-state index contributed by atoms with van der Waals surface area (Å²) in [6.45, 7) is 0.409. The number of alkyl halides is 3. The summed E-state index contributed by atoms with van der Waals surface area (Å²) in [6.07, 6.45) is -4.57. The highest BCUT2D eigenvalue weighted by molar-refractivity contribution is 5.93. The number of benzene rings is 2. The van der Waals surface area contributed by atoms with Crippen LogP contribution in [0.4, 0.5) is 13.2 Å². The summed E-state index contributed by atoms with van der Waals surface area (Å²) in [7, 11) is 0. The fraction of sp³-hybridized carbons (Fsp3) is 0.158. The van der Waals surface area contributed by atoms with Crippen molar-refractivity contribution in [2.24, 2.45) is 5.73 Å². The van der Waals surface area contributed by atoms with Crippen LogP contribution in [0.25, 0.3) is 11.3 Å². The first kappa shape index (κ1) is 19.6. The second-order valence-corrected chi connectivity index (χ2v) is 6.11. The lowest BCUT2D eigenvalue weighted by atomic mass is 10.1. The van der Waals surface area contributed by atoms with Gasteiger partial charge in [-0.25, -0.2) is 5.48 Å². The SMILES string of the molecule is NCc1ccc(-c2cc(C(F)(F)F)nn2Cc2ccc(C(=O)NO)cc2)cc1. The largest absolute Gasteiger partial charge is 0.435 e. The molecule has 0 unspecified atom stereocenters. The van der Waals surface area contributed by atoms with Crippen molar-refractivity contribution in [1.82, 2.24) is 15.3 Å². The normalized spacial score (nSPS) is 11.5. The van der Waals surface area contributed by atoms with Crippen LogP contribution >= 0.6 is 0 Å². The highest BCUT2D eigenvalue weighted by atomic mass is 19.4. The van der Waals surface area contributed by atoms with Crippen LogP contribution < -0.4 is 11.2 Å². The third-order valence-electron chi connectivity index (χ3n) is 4.21. The number of aromatic nitrogens is 2. The van der Waals surface area contributed by atoms with Gasteiger partial charge in [-0.3, -0.25) is 14.7 Å². The lowest BCUT2D eigenvalue weighted by Crippen LogP contribution is -2.18. The number of halogens is 3. The van der Waals surface area contributed by atoms with E-state index in [0.717, 1.165) is 11.6 Å². The zero-order valence-electron chi connectivity index (χ0n) is 14.6. The Morgan fingerprint density at radius 3 is 2.21 bits per heavy atom. The average Bonchev–Trinajstić information content (AvgIpc) is 3.12. The van der Waals surface area contributed by atoms with Gasteiger partial charge < -0.3 is 5.73 Å². The molecule has 146 valence electrons.